The molecule has 3 aromatic heterocycles. The summed E-state index contributed by atoms with van der Waals surface area (Å²) in [6.07, 6.45) is 15.1. The molecule has 1 aromatic carbocycles. The van der Waals surface area contributed by atoms with Crippen LogP contribution in [0.4, 0.5) is 23.6 Å². The van der Waals surface area contributed by atoms with E-state index in [-0.39, 0.29) is 98.5 Å². The number of hydrogen-bond acceptors (Lipinski definition) is 24. The summed E-state index contributed by atoms with van der Waals surface area (Å²) in [5, 5.41) is 43.2. The molecule has 2 fully saturated rings. The lowest BCUT2D eigenvalue weighted by Crippen LogP contribution is -2.49. The van der Waals surface area contributed by atoms with Gasteiger partial charge in [-0.3, -0.25) is 24.6 Å². The number of piperazine rings is 1. The Balaban J connectivity index is 0.731. The minimum Gasteiger partial charge on any atom is -0.465 e. The van der Waals surface area contributed by atoms with Gasteiger partial charge >= 0.3 is 0 Å². The van der Waals surface area contributed by atoms with Gasteiger partial charge in [-0.15, -0.1) is 0 Å². The summed E-state index contributed by atoms with van der Waals surface area (Å²) in [4.78, 5) is 80.3. The third-order valence-corrected chi connectivity index (χ3v) is 16.1. The molecule has 4 aromatic rings. The number of carbonyl (C=O) groups excluding carboxylic acids is 4. The van der Waals surface area contributed by atoms with Crippen molar-refractivity contribution in [2.24, 2.45) is 28.8 Å². The zero-order chi connectivity index (χ0) is 65.3. The highest BCUT2D eigenvalue weighted by molar-refractivity contribution is 6.17. The van der Waals surface area contributed by atoms with Crippen LogP contribution in [0.25, 0.3) is 11.1 Å². The molecular formula is C64H98N14O13. The maximum atomic E-state index is 12.9. The van der Waals surface area contributed by atoms with Crippen LogP contribution in [0.1, 0.15) is 140 Å². The second kappa shape index (κ2) is 39.7. The number of aliphatic hydroxyl groups excluding tert-OH is 2. The van der Waals surface area contributed by atoms with Crippen LogP contribution in [0.15, 0.2) is 58.1 Å². The lowest BCUT2D eigenvalue weighted by molar-refractivity contribution is -0.134. The van der Waals surface area contributed by atoms with Gasteiger partial charge in [0.2, 0.25) is 11.9 Å². The zero-order valence-corrected chi connectivity index (χ0v) is 53.8. The number of unbranched alkanes of at least 4 members (excludes halogenated alkanes) is 1. The molecule has 3 amide bonds. The Morgan fingerprint density at radius 2 is 1.52 bits per heavy atom. The molecule has 0 unspecified atom stereocenters. The number of allylic oxidation sites excluding steroid dienone is 1. The number of ether oxygens (including phenoxy) is 5. The predicted octanol–water partition coefficient (Wildman–Crippen LogP) is 5.87. The van der Waals surface area contributed by atoms with Crippen molar-refractivity contribution in [3.05, 3.63) is 65.3 Å². The summed E-state index contributed by atoms with van der Waals surface area (Å²) in [6, 6.07) is 5.14. The minimum atomic E-state index is -0.774. The number of hydrogen-bond donors (Lipinski definition) is 8. The van der Waals surface area contributed by atoms with Gasteiger partial charge in [-0.25, -0.2) is 19.9 Å². The monoisotopic (exact) mass is 1270 g/mol. The van der Waals surface area contributed by atoms with E-state index in [0.717, 1.165) is 63.4 Å². The lowest BCUT2D eigenvalue weighted by Gasteiger charge is -2.34. The number of rotatable bonds is 43. The predicted molar refractivity (Wildman–Crippen MR) is 346 cm³/mol. The fourth-order valence-electron chi connectivity index (χ4n) is 10.9. The molecule has 0 radical (unpaired) electrons. The van der Waals surface area contributed by atoms with Gasteiger partial charge in [0.15, 0.2) is 12.2 Å². The van der Waals surface area contributed by atoms with E-state index in [9.17, 15) is 29.4 Å². The molecule has 502 valence electrons. The SMILES string of the molecule is C/C(=C\[C@@H](C)CC[C@@H](CC[C@H]1CC[C@H](O)CC1)OC=O)[C@@H](O)C/C(=N/OCC(=O)NCCOCCOCCOCCOCCC(=O)N1CCN(c2ncc(C(=O)NCCCCNc3ncnc(N)c3C(=N)c3ccc4oc(N)nc4c3)cn2)CC1)[C@H](C)CC(C)C. The molecule has 0 bridgehead atoms. The maximum Gasteiger partial charge on any atom is 0.293 e. The highest BCUT2D eigenvalue weighted by Gasteiger charge is 2.26. The molecule has 1 aliphatic heterocycles. The number of aromatic nitrogens is 5. The van der Waals surface area contributed by atoms with Gasteiger partial charge in [0.05, 0.1) is 94.0 Å². The molecule has 2 aliphatic rings. The van der Waals surface area contributed by atoms with Crippen molar-refractivity contribution < 1.29 is 62.3 Å². The number of amides is 3. The van der Waals surface area contributed by atoms with Crippen molar-refractivity contribution >= 4 is 70.3 Å². The Labute approximate surface area is 534 Å². The normalized spacial score (nSPS) is 16.9. The van der Waals surface area contributed by atoms with E-state index < -0.39 is 6.10 Å². The van der Waals surface area contributed by atoms with Crippen LogP contribution >= 0.6 is 0 Å². The molecule has 0 spiro atoms. The molecule has 4 heterocycles. The molecule has 27 nitrogen and oxygen atoms in total. The van der Waals surface area contributed by atoms with E-state index >= 15 is 0 Å². The van der Waals surface area contributed by atoms with Crippen LogP contribution in [0.3, 0.4) is 0 Å². The van der Waals surface area contributed by atoms with E-state index in [0.29, 0.717) is 155 Å². The summed E-state index contributed by atoms with van der Waals surface area (Å²) in [7, 11) is 0. The first-order valence-corrected chi connectivity index (χ1v) is 32.1. The molecule has 1 saturated carbocycles. The fraction of sp³-hybridized carbons (Fsp3) is 0.641. The fourth-order valence-corrected chi connectivity index (χ4v) is 10.9. The molecular weight excluding hydrogens is 1170 g/mol. The lowest BCUT2D eigenvalue weighted by atomic mass is 9.83. The van der Waals surface area contributed by atoms with Gasteiger partial charge in [0, 0.05) is 70.2 Å². The van der Waals surface area contributed by atoms with Crippen LogP contribution in [0.5, 0.6) is 0 Å². The molecule has 1 saturated heterocycles. The first kappa shape index (κ1) is 72.6. The third kappa shape index (κ3) is 26.0. The highest BCUT2D eigenvalue weighted by atomic mass is 16.6. The van der Waals surface area contributed by atoms with E-state index in [2.05, 4.69) is 79.8 Å². The van der Waals surface area contributed by atoms with E-state index in [4.69, 9.17) is 49.8 Å². The number of aliphatic hydroxyl groups is 2. The number of nitrogens with two attached hydrogens (primary N) is 2. The van der Waals surface area contributed by atoms with Crippen LogP contribution in [0, 0.1) is 29.1 Å². The van der Waals surface area contributed by atoms with Crippen molar-refractivity contribution in [2.75, 3.05) is 127 Å². The Kier molecular flexibility index (Phi) is 31.7. The van der Waals surface area contributed by atoms with Crippen molar-refractivity contribution in [1.29, 1.82) is 5.41 Å². The summed E-state index contributed by atoms with van der Waals surface area (Å²) in [5.74, 6) is 1.58. The van der Waals surface area contributed by atoms with E-state index in [1.54, 1.807) is 23.1 Å². The Morgan fingerprint density at radius 3 is 2.21 bits per heavy atom. The number of fused-ring (bicyclic) bond motifs is 1. The second-order valence-corrected chi connectivity index (χ2v) is 23.8. The number of nitrogen functional groups attached to an aromatic ring is 2. The number of carbonyl (C=O) groups is 4. The van der Waals surface area contributed by atoms with Gasteiger partial charge < -0.3 is 80.4 Å². The summed E-state index contributed by atoms with van der Waals surface area (Å²) >= 11 is 0. The number of oxazole rings is 1. The van der Waals surface area contributed by atoms with Gasteiger partial charge in [0.1, 0.15) is 29.6 Å². The molecule has 91 heavy (non-hydrogen) atoms. The van der Waals surface area contributed by atoms with Crippen LogP contribution < -0.4 is 32.3 Å². The summed E-state index contributed by atoms with van der Waals surface area (Å²) in [6.45, 7) is 16.6. The number of nitrogens with one attached hydrogen (secondary N) is 4. The maximum absolute atomic E-state index is 12.9. The Morgan fingerprint density at radius 1 is 0.835 bits per heavy atom. The van der Waals surface area contributed by atoms with E-state index in [1.165, 1.54) is 18.7 Å². The largest absolute Gasteiger partial charge is 0.465 e. The minimum absolute atomic E-state index is 0.000273. The average molecular weight is 1270 g/mol. The van der Waals surface area contributed by atoms with Gasteiger partial charge in [-0.1, -0.05) is 38.9 Å². The van der Waals surface area contributed by atoms with Crippen molar-refractivity contribution in [3.63, 3.8) is 0 Å². The second-order valence-electron chi connectivity index (χ2n) is 23.8. The molecule has 27 heteroatoms. The van der Waals surface area contributed by atoms with Crippen molar-refractivity contribution in [1.82, 2.24) is 40.5 Å². The first-order chi connectivity index (χ1) is 44.0. The molecule has 6 rings (SSSR count). The van der Waals surface area contributed by atoms with Crippen LogP contribution in [-0.4, -0.2) is 199 Å². The number of nitrogens with zero attached hydrogens (tertiary/aromatic N) is 8. The molecule has 1 aliphatic carbocycles. The van der Waals surface area contributed by atoms with Crippen molar-refractivity contribution in [2.45, 2.75) is 136 Å². The highest BCUT2D eigenvalue weighted by Crippen LogP contribution is 2.30. The van der Waals surface area contributed by atoms with Crippen molar-refractivity contribution in [3.8, 4) is 0 Å². The Hall–Kier alpha value is -7.43. The Bertz CT molecular complexity index is 2910. The topological polar surface area (TPSA) is 373 Å². The zero-order valence-electron chi connectivity index (χ0n) is 53.8. The van der Waals surface area contributed by atoms with E-state index in [1.807, 2.05) is 11.8 Å². The van der Waals surface area contributed by atoms with Crippen LogP contribution in [-0.2, 0) is 42.9 Å². The quantitative estimate of drug-likeness (QED) is 0.00844. The number of benzene rings is 1. The third-order valence-electron chi connectivity index (χ3n) is 16.1. The average Bonchev–Trinajstić information content (AvgIpc) is 1.93. The molecule has 10 N–H and O–H groups in total. The standard InChI is InChI=1S/C64H98N14O13/c1-43(2)34-45(4)52(37-54(81)46(5)35-44(3)8-15-51(89-42-79)16-11-47-9-13-50(80)14-10-47)76-90-40-56(82)68-21-27-86-29-31-88-33-32-87-30-28-85-26-18-57(83)77-22-24-78(25-23-77)64-71-38-49(39-72-64)62(84)70-20-7-6-19-69-61-58(60(66)73-41-74-61)59(65)48-12-17-55-53(36-48)75-63(67)91-55/h12,17,35-36,38-39,41-45,47,50-51,54,65,80-81H,6-11,13-16,18-34,37,40H2,1-5H3,(H2,67,75)(H,68,82)(H,70,84)(H3,66,69,73,74)/b46-35+,65-59?,76-52-/t44-,45+,47-,50-,51-,54-/m0/s1. The van der Waals surface area contributed by atoms with Gasteiger partial charge in [-0.05, 0) is 125 Å². The number of oxime groups is 1. The summed E-state index contributed by atoms with van der Waals surface area (Å²) < 4.78 is 33.2. The van der Waals surface area contributed by atoms with Crippen LogP contribution in [0.2, 0.25) is 0 Å². The van der Waals surface area contributed by atoms with Gasteiger partial charge in [-0.2, -0.15) is 4.98 Å². The van der Waals surface area contributed by atoms with Gasteiger partial charge in [0.25, 0.3) is 24.3 Å². The first-order valence-electron chi connectivity index (χ1n) is 32.1. The summed E-state index contributed by atoms with van der Waals surface area (Å²) in [5.41, 5.74) is 15.8. The molecule has 4 atom stereocenters. The smallest absolute Gasteiger partial charge is 0.293 e. The number of anilines is 4.